The molecule has 2 aliphatic heterocycles. The lowest BCUT2D eigenvalue weighted by atomic mass is 9.93. The molecule has 0 amide bonds. The second-order valence-corrected chi connectivity index (χ2v) is 12.1. The molecule has 0 radical (unpaired) electrons. The van der Waals surface area contributed by atoms with Crippen molar-refractivity contribution in [1.29, 1.82) is 0 Å². The Kier molecular flexibility index (Phi) is 12.4. The van der Waals surface area contributed by atoms with Crippen LogP contribution in [0.3, 0.4) is 0 Å². The first-order valence-electron chi connectivity index (χ1n) is 16.1. The fourth-order valence-corrected chi connectivity index (χ4v) is 5.39. The molecule has 0 bridgehead atoms. The van der Waals surface area contributed by atoms with Crippen LogP contribution in [-0.4, -0.2) is 85.0 Å². The van der Waals surface area contributed by atoms with Gasteiger partial charge in [-0.15, -0.1) is 0 Å². The van der Waals surface area contributed by atoms with Crippen LogP contribution in [0.5, 0.6) is 23.0 Å². The van der Waals surface area contributed by atoms with Crippen LogP contribution in [0.15, 0.2) is 53.7 Å². The average Bonchev–Trinajstić information content (AvgIpc) is 3.36. The Balaban J connectivity index is 1.59. The van der Waals surface area contributed by atoms with E-state index in [4.69, 9.17) is 23.7 Å². The highest BCUT2D eigenvalue weighted by atomic mass is 16.7. The minimum atomic E-state index is -1.96. The van der Waals surface area contributed by atoms with Crippen molar-refractivity contribution in [3.63, 3.8) is 0 Å². The molecular weight excluding hydrogens is 644 g/mol. The summed E-state index contributed by atoms with van der Waals surface area (Å²) in [5.74, 6) is -3.00. The molecule has 268 valence electrons. The molecule has 2 aliphatic rings. The number of unbranched alkanes of at least 4 members (excludes halogenated alkanes) is 2. The van der Waals surface area contributed by atoms with E-state index in [9.17, 15) is 45.3 Å². The number of allylic oxidation sites excluding steroid dienone is 1. The second-order valence-electron chi connectivity index (χ2n) is 12.1. The number of phenolic OH excluding ortho intramolecular Hbond substituents is 2. The van der Waals surface area contributed by atoms with E-state index in [0.717, 1.165) is 18.9 Å². The largest absolute Gasteiger partial charge is 0.508 e. The van der Waals surface area contributed by atoms with Gasteiger partial charge in [-0.1, -0.05) is 32.8 Å². The summed E-state index contributed by atoms with van der Waals surface area (Å²) in [5.41, 5.74) is -0.594. The van der Waals surface area contributed by atoms with Crippen LogP contribution in [-0.2, 0) is 30.2 Å². The quantitative estimate of drug-likeness (QED) is 0.0647. The van der Waals surface area contributed by atoms with Crippen molar-refractivity contribution in [2.75, 3.05) is 13.2 Å². The van der Waals surface area contributed by atoms with Gasteiger partial charge in [-0.25, -0.2) is 0 Å². The monoisotopic (exact) mass is 688 g/mol. The minimum Gasteiger partial charge on any atom is -0.508 e. The van der Waals surface area contributed by atoms with Crippen molar-refractivity contribution in [1.82, 2.24) is 0 Å². The van der Waals surface area contributed by atoms with Crippen LogP contribution in [0.4, 0.5) is 0 Å². The number of carbonyl (C=O) groups excluding carboxylic acids is 2. The third-order valence-electron chi connectivity index (χ3n) is 8.30. The van der Waals surface area contributed by atoms with E-state index in [1.807, 2.05) is 6.92 Å². The number of rotatable bonds is 14. The van der Waals surface area contributed by atoms with Gasteiger partial charge in [-0.3, -0.25) is 9.59 Å². The minimum absolute atomic E-state index is 0.00858. The SMILES string of the molecule is CCCCCC(=O)OC(=C(\O)CC)/C(O)=C\CC(=O)O[C@@H]1Cc2c(OC3OCC(O)(CO)C3O)cc(O)cc2O[C@@H]1c1ccc(O)c(C)c1. The van der Waals surface area contributed by atoms with E-state index in [1.54, 1.807) is 26.0 Å². The topological polar surface area (TPSA) is 222 Å². The van der Waals surface area contributed by atoms with E-state index in [1.165, 1.54) is 18.2 Å². The van der Waals surface area contributed by atoms with E-state index >= 15 is 0 Å². The molecule has 14 nitrogen and oxygen atoms in total. The molecule has 3 unspecified atom stereocenters. The van der Waals surface area contributed by atoms with Crippen molar-refractivity contribution in [2.24, 2.45) is 0 Å². The number of hydrogen-bond donors (Lipinski definition) is 7. The summed E-state index contributed by atoms with van der Waals surface area (Å²) < 4.78 is 28.5. The number of aryl methyl sites for hydroxylation is 1. The second kappa shape index (κ2) is 16.3. The number of fused-ring (bicyclic) bond motifs is 1. The van der Waals surface area contributed by atoms with Crippen molar-refractivity contribution >= 4 is 11.9 Å². The van der Waals surface area contributed by atoms with Gasteiger partial charge in [-0.2, -0.15) is 0 Å². The first-order valence-corrected chi connectivity index (χ1v) is 16.1. The molecule has 5 atom stereocenters. The number of aromatic hydroxyl groups is 2. The van der Waals surface area contributed by atoms with Crippen LogP contribution < -0.4 is 9.47 Å². The standard InChI is InChI=1S/C35H44O14/c1-4-6-7-8-29(41)49-32(23(38)5-2)25(40)11-12-30(42)46-28-16-22-26(47-31(28)20-9-10-24(39)19(3)13-20)14-21(37)15-27(22)48-34-33(43)35(44,17-36)18-45-34/h9-11,13-15,28,31,33-34,36-40,43-44H,4-8,12,16-18H2,1-3H3/b25-11+,32-23-/t28-,31-,33?,34?,35?/m1/s1. The van der Waals surface area contributed by atoms with Gasteiger partial charge in [0.1, 0.15) is 46.6 Å². The molecule has 2 heterocycles. The van der Waals surface area contributed by atoms with Crippen molar-refractivity contribution in [3.8, 4) is 23.0 Å². The Bertz CT molecular complexity index is 1570. The van der Waals surface area contributed by atoms with E-state index in [2.05, 4.69) is 0 Å². The van der Waals surface area contributed by atoms with Crippen LogP contribution in [0.2, 0.25) is 0 Å². The highest BCUT2D eigenvalue weighted by molar-refractivity contribution is 5.73. The maximum atomic E-state index is 13.2. The van der Waals surface area contributed by atoms with Gasteiger partial charge in [0.15, 0.2) is 11.9 Å². The van der Waals surface area contributed by atoms with Gasteiger partial charge in [0.05, 0.1) is 19.6 Å². The van der Waals surface area contributed by atoms with Crippen LogP contribution >= 0.6 is 0 Å². The zero-order valence-electron chi connectivity index (χ0n) is 27.6. The van der Waals surface area contributed by atoms with Crippen LogP contribution in [0.25, 0.3) is 0 Å². The smallest absolute Gasteiger partial charge is 0.311 e. The van der Waals surface area contributed by atoms with Gasteiger partial charge in [-0.05, 0) is 42.7 Å². The predicted molar refractivity (Wildman–Crippen MR) is 172 cm³/mol. The third-order valence-corrected chi connectivity index (χ3v) is 8.30. The zero-order chi connectivity index (χ0) is 35.9. The predicted octanol–water partition coefficient (Wildman–Crippen LogP) is 3.95. The summed E-state index contributed by atoms with van der Waals surface area (Å²) >= 11 is 0. The highest BCUT2D eigenvalue weighted by Crippen LogP contribution is 2.45. The zero-order valence-corrected chi connectivity index (χ0v) is 27.6. The fraction of sp³-hybridized carbons (Fsp3) is 0.486. The Labute approximate surface area is 283 Å². The average molecular weight is 689 g/mol. The maximum Gasteiger partial charge on any atom is 0.311 e. The number of esters is 2. The molecule has 2 aromatic carbocycles. The fourth-order valence-electron chi connectivity index (χ4n) is 5.39. The molecule has 2 aromatic rings. The Morgan fingerprint density at radius 3 is 2.49 bits per heavy atom. The molecule has 0 aromatic heterocycles. The van der Waals surface area contributed by atoms with E-state index < -0.39 is 73.3 Å². The first kappa shape index (κ1) is 37.3. The normalized spacial score (nSPS) is 24.0. The Hall–Kier alpha value is -4.50. The summed E-state index contributed by atoms with van der Waals surface area (Å²) in [6.07, 6.45) is -2.12. The molecule has 14 heteroatoms. The lowest BCUT2D eigenvalue weighted by Crippen LogP contribution is -2.48. The van der Waals surface area contributed by atoms with E-state index in [-0.39, 0.29) is 48.0 Å². The molecule has 1 fully saturated rings. The summed E-state index contributed by atoms with van der Waals surface area (Å²) in [6, 6.07) is 7.25. The Morgan fingerprint density at radius 1 is 1.08 bits per heavy atom. The molecule has 1 saturated heterocycles. The first-order chi connectivity index (χ1) is 23.3. The molecular formula is C35H44O14. The number of phenols is 2. The third kappa shape index (κ3) is 8.95. The lowest BCUT2D eigenvalue weighted by molar-refractivity contribution is -0.154. The molecule has 4 rings (SSSR count). The maximum absolute atomic E-state index is 13.2. The van der Waals surface area contributed by atoms with Gasteiger partial charge >= 0.3 is 11.9 Å². The number of aliphatic hydroxyl groups excluding tert-OH is 4. The van der Waals surface area contributed by atoms with Gasteiger partial charge < -0.3 is 59.4 Å². The lowest BCUT2D eigenvalue weighted by Gasteiger charge is -2.35. The van der Waals surface area contributed by atoms with Crippen molar-refractivity contribution in [3.05, 3.63) is 70.4 Å². The molecule has 49 heavy (non-hydrogen) atoms. The summed E-state index contributed by atoms with van der Waals surface area (Å²) in [4.78, 5) is 25.5. The number of hydrogen-bond acceptors (Lipinski definition) is 14. The van der Waals surface area contributed by atoms with Crippen LogP contribution in [0.1, 0.15) is 75.2 Å². The van der Waals surface area contributed by atoms with Crippen LogP contribution in [0, 0.1) is 6.92 Å². The van der Waals surface area contributed by atoms with Gasteiger partial charge in [0.2, 0.25) is 12.0 Å². The molecule has 0 saturated carbocycles. The summed E-state index contributed by atoms with van der Waals surface area (Å²) in [5, 5.41) is 72.0. The highest BCUT2D eigenvalue weighted by Gasteiger charge is 2.49. The number of carbonyl (C=O) groups is 2. The number of aliphatic hydroxyl groups is 5. The molecule has 0 aliphatic carbocycles. The Morgan fingerprint density at radius 2 is 1.84 bits per heavy atom. The van der Waals surface area contributed by atoms with E-state index in [0.29, 0.717) is 23.1 Å². The number of benzene rings is 2. The van der Waals surface area contributed by atoms with Gasteiger partial charge in [0, 0.05) is 37.0 Å². The summed E-state index contributed by atoms with van der Waals surface area (Å²) in [6.45, 7) is 4.05. The summed E-state index contributed by atoms with van der Waals surface area (Å²) in [7, 11) is 0. The van der Waals surface area contributed by atoms with Crippen molar-refractivity contribution in [2.45, 2.75) is 95.9 Å². The molecule has 0 spiro atoms. The number of ether oxygens (including phenoxy) is 5. The van der Waals surface area contributed by atoms with Crippen molar-refractivity contribution < 1.29 is 69.0 Å². The van der Waals surface area contributed by atoms with Gasteiger partial charge in [0.25, 0.3) is 0 Å². The molecule has 7 N–H and O–H groups in total.